The minimum atomic E-state index is -1.30. The smallest absolute Gasteiger partial charge is 0.405 e. The minimum absolute atomic E-state index is 0.0833. The molecule has 5 N–H and O–H groups in total. The third-order valence-electron chi connectivity index (χ3n) is 2.37. The zero-order valence-corrected chi connectivity index (χ0v) is 9.04. The summed E-state index contributed by atoms with van der Waals surface area (Å²) in [7, 11) is 0. The van der Waals surface area contributed by atoms with Crippen molar-refractivity contribution in [2.24, 2.45) is 5.73 Å². The zero-order chi connectivity index (χ0) is 12.8. The van der Waals surface area contributed by atoms with Gasteiger partial charge in [-0.15, -0.1) is 0 Å². The number of carboxylic acid groups (broad SMARTS) is 1. The molecule has 0 heterocycles. The molecule has 1 amide bonds. The first kappa shape index (κ1) is 13.1. The maximum absolute atomic E-state index is 10.7. The molecule has 0 aliphatic heterocycles. The van der Waals surface area contributed by atoms with Gasteiger partial charge in [-0.1, -0.05) is 24.3 Å². The van der Waals surface area contributed by atoms with Crippen LogP contribution in [0.1, 0.15) is 17.2 Å². The Morgan fingerprint density at radius 3 is 2.41 bits per heavy atom. The van der Waals surface area contributed by atoms with Gasteiger partial charge in [0.2, 0.25) is 0 Å². The Morgan fingerprint density at radius 2 is 2.00 bits per heavy atom. The Bertz CT molecular complexity index is 391. The van der Waals surface area contributed by atoms with E-state index in [1.807, 2.05) is 5.32 Å². The Labute approximate surface area is 98.1 Å². The molecular weight excluding hydrogens is 224 g/mol. The van der Waals surface area contributed by atoms with Gasteiger partial charge in [0, 0.05) is 0 Å². The van der Waals surface area contributed by atoms with E-state index in [1.54, 1.807) is 24.3 Å². The van der Waals surface area contributed by atoms with Crippen LogP contribution in [-0.2, 0) is 11.4 Å². The molecule has 6 heteroatoms. The summed E-state index contributed by atoms with van der Waals surface area (Å²) in [4.78, 5) is 21.2. The Hall–Kier alpha value is -1.92. The highest BCUT2D eigenvalue weighted by atomic mass is 16.4. The van der Waals surface area contributed by atoms with Crippen LogP contribution in [0.3, 0.4) is 0 Å². The molecule has 0 aliphatic rings. The topological polar surface area (TPSA) is 113 Å². The van der Waals surface area contributed by atoms with Gasteiger partial charge in [0.05, 0.1) is 12.6 Å². The summed E-state index contributed by atoms with van der Waals surface area (Å²) in [6.45, 7) is -0.0833. The van der Waals surface area contributed by atoms with Crippen molar-refractivity contribution >= 4 is 12.4 Å². The van der Waals surface area contributed by atoms with Crippen LogP contribution in [0.25, 0.3) is 0 Å². The van der Waals surface area contributed by atoms with Crippen molar-refractivity contribution in [3.05, 3.63) is 35.4 Å². The number of nitrogens with two attached hydrogens (primary N) is 1. The van der Waals surface area contributed by atoms with Gasteiger partial charge in [-0.05, 0) is 11.1 Å². The number of aldehydes is 1. The highest BCUT2D eigenvalue weighted by molar-refractivity contribution is 5.72. The van der Waals surface area contributed by atoms with Crippen molar-refractivity contribution in [1.82, 2.24) is 5.32 Å². The van der Waals surface area contributed by atoms with E-state index in [4.69, 9.17) is 15.9 Å². The number of aliphatic hydroxyl groups excluding tert-OH is 1. The minimum Gasteiger partial charge on any atom is -0.465 e. The number of hydrogen-bond acceptors (Lipinski definition) is 4. The second kappa shape index (κ2) is 5.97. The molecule has 0 saturated heterocycles. The number of carbonyl (C=O) groups is 2. The second-order valence-corrected chi connectivity index (χ2v) is 3.54. The molecule has 17 heavy (non-hydrogen) atoms. The lowest BCUT2D eigenvalue weighted by Crippen LogP contribution is -2.43. The van der Waals surface area contributed by atoms with Gasteiger partial charge in [0.1, 0.15) is 12.3 Å². The normalized spacial score (nSPS) is 13.8. The first-order chi connectivity index (χ1) is 8.08. The molecule has 2 atom stereocenters. The monoisotopic (exact) mass is 238 g/mol. The number of hydrogen-bond donors (Lipinski definition) is 4. The molecule has 0 spiro atoms. The quantitative estimate of drug-likeness (QED) is 0.540. The van der Waals surface area contributed by atoms with Crippen molar-refractivity contribution in [3.63, 3.8) is 0 Å². The third kappa shape index (κ3) is 3.54. The summed E-state index contributed by atoms with van der Waals surface area (Å²) < 4.78 is 0. The summed E-state index contributed by atoms with van der Waals surface area (Å²) in [6, 6.07) is 4.88. The average molecular weight is 238 g/mol. The van der Waals surface area contributed by atoms with Gasteiger partial charge in [-0.3, -0.25) is 0 Å². The lowest BCUT2D eigenvalue weighted by Gasteiger charge is -2.19. The predicted molar refractivity (Wildman–Crippen MR) is 60.3 cm³/mol. The molecule has 0 bridgehead atoms. The van der Waals surface area contributed by atoms with Crippen LogP contribution in [-0.4, -0.2) is 28.6 Å². The fourth-order valence-corrected chi connectivity index (χ4v) is 1.40. The lowest BCUT2D eigenvalue weighted by atomic mass is 10.00. The number of aliphatic hydroxyl groups is 1. The zero-order valence-electron chi connectivity index (χ0n) is 9.04. The van der Waals surface area contributed by atoms with Gasteiger partial charge < -0.3 is 26.1 Å². The molecule has 0 radical (unpaired) electrons. The maximum atomic E-state index is 10.7. The van der Waals surface area contributed by atoms with Crippen LogP contribution in [0.2, 0.25) is 0 Å². The molecule has 1 aromatic carbocycles. The van der Waals surface area contributed by atoms with Crippen LogP contribution in [0, 0.1) is 0 Å². The van der Waals surface area contributed by atoms with Crippen molar-refractivity contribution in [2.75, 3.05) is 0 Å². The van der Waals surface area contributed by atoms with E-state index in [1.165, 1.54) is 0 Å². The van der Waals surface area contributed by atoms with Crippen LogP contribution in [0.4, 0.5) is 4.79 Å². The number of nitrogens with one attached hydrogen (secondary N) is 1. The van der Waals surface area contributed by atoms with Crippen molar-refractivity contribution in [2.45, 2.75) is 18.7 Å². The van der Waals surface area contributed by atoms with Crippen LogP contribution in [0.15, 0.2) is 24.3 Å². The summed E-state index contributed by atoms with van der Waals surface area (Å²) in [5.41, 5.74) is 7.11. The molecule has 0 saturated carbocycles. The average Bonchev–Trinajstić information content (AvgIpc) is 2.35. The van der Waals surface area contributed by atoms with E-state index in [2.05, 4.69) is 0 Å². The molecule has 0 fully saturated rings. The highest BCUT2D eigenvalue weighted by Crippen LogP contribution is 2.14. The fourth-order valence-electron chi connectivity index (χ4n) is 1.40. The standard InChI is InChI=1S/C11H14N2O4/c12-10(9(6-15)13-11(16)17)8-3-1-7(5-14)2-4-8/h1-4,6,9-10,13-14H,5,12H2,(H,16,17). The first-order valence-electron chi connectivity index (χ1n) is 4.98. The lowest BCUT2D eigenvalue weighted by molar-refractivity contribution is -0.109. The van der Waals surface area contributed by atoms with Gasteiger partial charge >= 0.3 is 6.09 Å². The second-order valence-electron chi connectivity index (χ2n) is 3.54. The van der Waals surface area contributed by atoms with Gasteiger partial charge in [0.15, 0.2) is 0 Å². The van der Waals surface area contributed by atoms with E-state index >= 15 is 0 Å². The molecular formula is C11H14N2O4. The van der Waals surface area contributed by atoms with Crippen LogP contribution >= 0.6 is 0 Å². The maximum Gasteiger partial charge on any atom is 0.405 e. The van der Waals surface area contributed by atoms with Gasteiger partial charge in [-0.2, -0.15) is 0 Å². The van der Waals surface area contributed by atoms with Gasteiger partial charge in [0.25, 0.3) is 0 Å². The predicted octanol–water partition coefficient (Wildman–Crippen LogP) is 0.0138. The molecule has 1 aromatic rings. The number of benzene rings is 1. The van der Waals surface area contributed by atoms with Crippen molar-refractivity contribution in [1.29, 1.82) is 0 Å². The molecule has 92 valence electrons. The first-order valence-corrected chi connectivity index (χ1v) is 4.98. The summed E-state index contributed by atoms with van der Waals surface area (Å²) in [6.07, 6.45) is -0.844. The summed E-state index contributed by atoms with van der Waals surface area (Å²) in [5.74, 6) is 0. The van der Waals surface area contributed by atoms with Crippen molar-refractivity contribution in [3.8, 4) is 0 Å². The summed E-state index contributed by atoms with van der Waals surface area (Å²) >= 11 is 0. The number of carbonyl (C=O) groups excluding carboxylic acids is 1. The number of amides is 1. The van der Waals surface area contributed by atoms with E-state index in [0.29, 0.717) is 11.8 Å². The molecule has 2 unspecified atom stereocenters. The van der Waals surface area contributed by atoms with Gasteiger partial charge in [-0.25, -0.2) is 4.79 Å². The summed E-state index contributed by atoms with van der Waals surface area (Å²) in [5, 5.41) is 19.4. The van der Waals surface area contributed by atoms with Crippen LogP contribution < -0.4 is 11.1 Å². The molecule has 1 rings (SSSR count). The molecule has 0 aromatic heterocycles. The highest BCUT2D eigenvalue weighted by Gasteiger charge is 2.20. The van der Waals surface area contributed by atoms with E-state index in [-0.39, 0.29) is 6.61 Å². The van der Waals surface area contributed by atoms with E-state index in [9.17, 15) is 9.59 Å². The largest absolute Gasteiger partial charge is 0.465 e. The Kier molecular flexibility index (Phi) is 4.62. The van der Waals surface area contributed by atoms with E-state index < -0.39 is 18.2 Å². The molecule has 0 aliphatic carbocycles. The third-order valence-corrected chi connectivity index (χ3v) is 2.37. The molecule has 6 nitrogen and oxygen atoms in total. The van der Waals surface area contributed by atoms with Crippen LogP contribution in [0.5, 0.6) is 0 Å². The Morgan fingerprint density at radius 1 is 1.41 bits per heavy atom. The SMILES string of the molecule is NC(c1ccc(CO)cc1)C(C=O)NC(=O)O. The Balaban J connectivity index is 2.81. The van der Waals surface area contributed by atoms with Crippen molar-refractivity contribution < 1.29 is 19.8 Å². The van der Waals surface area contributed by atoms with E-state index in [0.717, 1.165) is 5.56 Å². The fraction of sp³-hybridized carbons (Fsp3) is 0.273. The number of rotatable bonds is 5.